The maximum absolute atomic E-state index is 3.58. The Morgan fingerprint density at radius 3 is 2.05 bits per heavy atom. The van der Waals surface area contributed by atoms with E-state index in [1.54, 1.807) is 0 Å². The second-order valence-corrected chi connectivity index (χ2v) is 5.00. The van der Waals surface area contributed by atoms with E-state index in [2.05, 4.69) is 36.6 Å². The van der Waals surface area contributed by atoms with Crippen molar-refractivity contribution in [1.82, 2.24) is 0 Å². The van der Waals surface area contributed by atoms with Gasteiger partial charge in [0, 0.05) is 23.5 Å². The summed E-state index contributed by atoms with van der Waals surface area (Å²) >= 11 is 0. The van der Waals surface area contributed by atoms with Gasteiger partial charge in [-0.2, -0.15) is 0 Å². The van der Waals surface area contributed by atoms with Crippen molar-refractivity contribution >= 4 is 11.4 Å². The van der Waals surface area contributed by atoms with Crippen LogP contribution in [0.25, 0.3) is 0 Å². The Labute approximate surface area is 119 Å². The summed E-state index contributed by atoms with van der Waals surface area (Å²) in [5, 5.41) is 7.11. The first-order valence-corrected chi connectivity index (χ1v) is 7.91. The molecule has 2 atom stereocenters. The smallest absolute Gasteiger partial charge is 0.0379 e. The Bertz CT molecular complexity index is 398. The molecule has 2 aliphatic heterocycles. The number of fused-ring (bicyclic) bond motifs is 2. The van der Waals surface area contributed by atoms with E-state index < -0.39 is 0 Å². The fraction of sp³-hybridized carbons (Fsp3) is 0.647. The Morgan fingerprint density at radius 1 is 0.842 bits per heavy atom. The van der Waals surface area contributed by atoms with Crippen LogP contribution in [0.5, 0.6) is 0 Å². The van der Waals surface area contributed by atoms with Crippen molar-refractivity contribution in [1.29, 1.82) is 0 Å². The predicted molar refractivity (Wildman–Crippen MR) is 87.3 cm³/mol. The number of hydrogen-bond donors (Lipinski definition) is 2. The number of benzene rings is 1. The molecule has 0 saturated heterocycles. The highest BCUT2D eigenvalue weighted by Gasteiger charge is 2.21. The van der Waals surface area contributed by atoms with Gasteiger partial charge in [-0.25, -0.2) is 0 Å². The summed E-state index contributed by atoms with van der Waals surface area (Å²) in [6.45, 7) is 12.5. The summed E-state index contributed by atoms with van der Waals surface area (Å²) in [5.74, 6) is 0. The van der Waals surface area contributed by atoms with E-state index in [9.17, 15) is 0 Å². The summed E-state index contributed by atoms with van der Waals surface area (Å²) < 4.78 is 0. The van der Waals surface area contributed by atoms with Crippen molar-refractivity contribution in [2.75, 3.05) is 10.6 Å². The molecule has 0 spiro atoms. The molecular weight excluding hydrogens is 232 g/mol. The highest BCUT2D eigenvalue weighted by atomic mass is 15.0. The molecule has 2 unspecified atom stereocenters. The number of aryl methyl sites for hydroxylation is 1. The predicted octanol–water partition coefficient (Wildman–Crippen LogP) is 4.84. The third-order valence-corrected chi connectivity index (χ3v) is 3.51. The van der Waals surface area contributed by atoms with Crippen molar-refractivity contribution in [3.8, 4) is 0 Å². The summed E-state index contributed by atoms with van der Waals surface area (Å²) in [7, 11) is 0. The quantitative estimate of drug-likeness (QED) is 0.699. The van der Waals surface area contributed by atoms with Gasteiger partial charge in [-0.05, 0) is 56.4 Å². The Kier molecular flexibility index (Phi) is 6.20. The van der Waals surface area contributed by atoms with Crippen molar-refractivity contribution in [3.05, 3.63) is 23.3 Å². The molecule has 0 fully saturated rings. The highest BCUT2D eigenvalue weighted by Crippen LogP contribution is 2.34. The average Bonchev–Trinajstić information content (AvgIpc) is 2.79. The summed E-state index contributed by atoms with van der Waals surface area (Å²) in [5.41, 5.74) is 5.68. The lowest BCUT2D eigenvalue weighted by molar-refractivity contribution is 0.681. The summed E-state index contributed by atoms with van der Waals surface area (Å²) in [6.07, 6.45) is 3.63. The van der Waals surface area contributed by atoms with Gasteiger partial charge in [0.25, 0.3) is 0 Å². The zero-order valence-electron chi connectivity index (χ0n) is 13.4. The normalized spacial score (nSPS) is 22.4. The van der Waals surface area contributed by atoms with E-state index >= 15 is 0 Å². The maximum Gasteiger partial charge on any atom is 0.0379 e. The molecule has 0 aromatic heterocycles. The van der Waals surface area contributed by atoms with E-state index in [0.717, 1.165) is 0 Å². The molecule has 2 heteroatoms. The number of hydrogen-bond acceptors (Lipinski definition) is 2. The Hall–Kier alpha value is -1.18. The largest absolute Gasteiger partial charge is 0.382 e. The molecule has 1 aromatic rings. The summed E-state index contributed by atoms with van der Waals surface area (Å²) in [6, 6.07) is 5.91. The van der Waals surface area contributed by atoms with Crippen LogP contribution < -0.4 is 10.6 Å². The second-order valence-electron chi connectivity index (χ2n) is 5.00. The fourth-order valence-corrected chi connectivity index (χ4v) is 2.69. The minimum absolute atomic E-state index is 0.598. The van der Waals surface area contributed by atoms with Gasteiger partial charge < -0.3 is 10.6 Å². The minimum atomic E-state index is 0.598. The van der Waals surface area contributed by atoms with Gasteiger partial charge in [0.05, 0.1) is 0 Å². The lowest BCUT2D eigenvalue weighted by atomic mass is 9.96. The van der Waals surface area contributed by atoms with Crippen LogP contribution in [0, 0.1) is 0 Å². The molecular formula is C17H30N2. The molecule has 19 heavy (non-hydrogen) atoms. The van der Waals surface area contributed by atoms with Crippen LogP contribution in [0.15, 0.2) is 12.1 Å². The SMILES string of the molecule is CC.CC.CC1CCc2cc3c(cc2N1)CC(C)N3. The molecule has 2 heterocycles. The van der Waals surface area contributed by atoms with Crippen LogP contribution in [-0.4, -0.2) is 12.1 Å². The molecule has 0 saturated carbocycles. The van der Waals surface area contributed by atoms with E-state index in [-0.39, 0.29) is 0 Å². The van der Waals surface area contributed by atoms with Gasteiger partial charge in [0.1, 0.15) is 0 Å². The first-order chi connectivity index (χ1) is 9.22. The fourth-order valence-electron chi connectivity index (χ4n) is 2.69. The Morgan fingerprint density at radius 2 is 1.37 bits per heavy atom. The third-order valence-electron chi connectivity index (χ3n) is 3.51. The van der Waals surface area contributed by atoms with Crippen molar-refractivity contribution in [2.45, 2.75) is 72.9 Å². The molecule has 1 aromatic carbocycles. The number of nitrogens with one attached hydrogen (secondary N) is 2. The van der Waals surface area contributed by atoms with Crippen molar-refractivity contribution in [3.63, 3.8) is 0 Å². The molecule has 0 aliphatic carbocycles. The molecule has 2 N–H and O–H groups in total. The maximum atomic E-state index is 3.58. The van der Waals surface area contributed by atoms with Crippen molar-refractivity contribution in [2.24, 2.45) is 0 Å². The molecule has 0 radical (unpaired) electrons. The first kappa shape index (κ1) is 15.9. The zero-order valence-corrected chi connectivity index (χ0v) is 13.4. The zero-order chi connectivity index (χ0) is 14.4. The highest BCUT2D eigenvalue weighted by molar-refractivity contribution is 5.68. The monoisotopic (exact) mass is 262 g/mol. The van der Waals surface area contributed by atoms with Crippen LogP contribution in [-0.2, 0) is 12.8 Å². The third kappa shape index (κ3) is 3.65. The standard InChI is InChI=1S/C13H18N2.2C2H6/c1-8-3-4-10-6-13-11(5-9(2)15-13)7-12(10)14-8;2*1-2/h6-9,14-15H,3-5H2,1-2H3;2*1-2H3. The van der Waals surface area contributed by atoms with Gasteiger partial charge in [0.2, 0.25) is 0 Å². The molecule has 0 amide bonds. The average molecular weight is 262 g/mol. The molecule has 108 valence electrons. The number of anilines is 2. The topological polar surface area (TPSA) is 24.1 Å². The van der Waals surface area contributed by atoms with Crippen LogP contribution in [0.3, 0.4) is 0 Å². The van der Waals surface area contributed by atoms with Gasteiger partial charge in [0.15, 0.2) is 0 Å². The molecule has 2 aliphatic rings. The van der Waals surface area contributed by atoms with Gasteiger partial charge in [-0.15, -0.1) is 0 Å². The van der Waals surface area contributed by atoms with Crippen LogP contribution in [0.4, 0.5) is 11.4 Å². The second kappa shape index (κ2) is 7.42. The Balaban J connectivity index is 0.000000415. The molecule has 0 bridgehead atoms. The first-order valence-electron chi connectivity index (χ1n) is 7.91. The summed E-state index contributed by atoms with van der Waals surface area (Å²) in [4.78, 5) is 0. The molecule has 3 rings (SSSR count). The number of rotatable bonds is 0. The minimum Gasteiger partial charge on any atom is -0.382 e. The van der Waals surface area contributed by atoms with Crippen LogP contribution in [0.2, 0.25) is 0 Å². The van der Waals surface area contributed by atoms with Gasteiger partial charge >= 0.3 is 0 Å². The lowest BCUT2D eigenvalue weighted by Crippen LogP contribution is -2.21. The van der Waals surface area contributed by atoms with Gasteiger partial charge in [-0.3, -0.25) is 0 Å². The van der Waals surface area contributed by atoms with Crippen LogP contribution >= 0.6 is 0 Å². The van der Waals surface area contributed by atoms with E-state index in [1.165, 1.54) is 41.8 Å². The van der Waals surface area contributed by atoms with Crippen molar-refractivity contribution < 1.29 is 0 Å². The van der Waals surface area contributed by atoms with E-state index in [0.29, 0.717) is 12.1 Å². The van der Waals surface area contributed by atoms with E-state index in [4.69, 9.17) is 0 Å². The van der Waals surface area contributed by atoms with Gasteiger partial charge in [-0.1, -0.05) is 27.7 Å². The van der Waals surface area contributed by atoms with E-state index in [1.807, 2.05) is 27.7 Å². The molecule has 2 nitrogen and oxygen atoms in total. The van der Waals surface area contributed by atoms with Crippen LogP contribution in [0.1, 0.15) is 59.1 Å². The lowest BCUT2D eigenvalue weighted by Gasteiger charge is -2.25.